The molecule has 1 aromatic rings. The van der Waals surface area contributed by atoms with Gasteiger partial charge in [0, 0.05) is 19.9 Å². The summed E-state index contributed by atoms with van der Waals surface area (Å²) in [7, 11) is 3.58. The number of fused-ring (bicyclic) bond motifs is 1. The second kappa shape index (κ2) is 6.41. The first-order chi connectivity index (χ1) is 10.7. The Morgan fingerprint density at radius 3 is 2.73 bits per heavy atom. The third-order valence-electron chi connectivity index (χ3n) is 5.31. The summed E-state index contributed by atoms with van der Waals surface area (Å²) < 4.78 is 5.29. The molecule has 22 heavy (non-hydrogen) atoms. The number of aromatic nitrogens is 2. The van der Waals surface area contributed by atoms with Crippen LogP contribution in [0.2, 0.25) is 0 Å². The number of nitrogens with zero attached hydrogens (tertiary/aromatic N) is 2. The molecule has 0 bridgehead atoms. The smallest absolute Gasteiger partial charge is 0.231 e. The van der Waals surface area contributed by atoms with Crippen LogP contribution in [-0.4, -0.2) is 41.8 Å². The van der Waals surface area contributed by atoms with Gasteiger partial charge in [-0.05, 0) is 44.1 Å². The summed E-state index contributed by atoms with van der Waals surface area (Å²) in [6.45, 7) is 1.14. The van der Waals surface area contributed by atoms with E-state index in [4.69, 9.17) is 4.74 Å². The van der Waals surface area contributed by atoms with Crippen molar-refractivity contribution >= 4 is 5.91 Å². The van der Waals surface area contributed by atoms with E-state index in [0.717, 1.165) is 37.8 Å². The van der Waals surface area contributed by atoms with E-state index in [-0.39, 0.29) is 11.3 Å². The van der Waals surface area contributed by atoms with E-state index in [1.54, 1.807) is 7.11 Å². The predicted molar refractivity (Wildman–Crippen MR) is 84.5 cm³/mol. The maximum atomic E-state index is 12.8. The molecule has 1 N–H and O–H groups in total. The maximum Gasteiger partial charge on any atom is 0.231 e. The molecule has 0 radical (unpaired) electrons. The summed E-state index contributed by atoms with van der Waals surface area (Å²) >= 11 is 0. The molecule has 0 aliphatic heterocycles. The highest BCUT2D eigenvalue weighted by molar-refractivity contribution is 5.83. The Labute approximate surface area is 132 Å². The number of ether oxygens (including phenoxy) is 1. The van der Waals surface area contributed by atoms with Crippen LogP contribution in [0.25, 0.3) is 0 Å². The quantitative estimate of drug-likeness (QED) is 0.850. The number of rotatable bonds is 5. The number of aromatic amines is 1. The molecule has 1 amide bonds. The lowest BCUT2D eigenvalue weighted by molar-refractivity contribution is -0.151. The SMILES string of the molecule is COCC1(C(=O)N(C)Cc2n[nH]c3c2CCCCC3)CCC1. The van der Waals surface area contributed by atoms with E-state index >= 15 is 0 Å². The zero-order chi connectivity index (χ0) is 15.6. The third-order valence-corrected chi connectivity index (χ3v) is 5.31. The van der Waals surface area contributed by atoms with Gasteiger partial charge in [0.05, 0.1) is 24.3 Å². The average molecular weight is 305 g/mol. The molecular weight excluding hydrogens is 278 g/mol. The minimum absolute atomic E-state index is 0.214. The van der Waals surface area contributed by atoms with Gasteiger partial charge in [0.25, 0.3) is 0 Å². The Balaban J connectivity index is 1.70. The maximum absolute atomic E-state index is 12.8. The van der Waals surface area contributed by atoms with Crippen LogP contribution in [-0.2, 0) is 28.9 Å². The zero-order valence-electron chi connectivity index (χ0n) is 13.8. The lowest BCUT2D eigenvalue weighted by Crippen LogP contribution is -2.49. The molecule has 1 saturated carbocycles. The lowest BCUT2D eigenvalue weighted by atomic mass is 9.68. The van der Waals surface area contributed by atoms with Crippen molar-refractivity contribution < 1.29 is 9.53 Å². The van der Waals surface area contributed by atoms with E-state index in [9.17, 15) is 4.79 Å². The van der Waals surface area contributed by atoms with Crippen LogP contribution in [0.3, 0.4) is 0 Å². The fourth-order valence-corrected chi connectivity index (χ4v) is 3.86. The largest absolute Gasteiger partial charge is 0.384 e. The second-order valence-corrected chi connectivity index (χ2v) is 6.92. The molecule has 122 valence electrons. The van der Waals surface area contributed by atoms with Crippen molar-refractivity contribution in [2.45, 2.75) is 57.9 Å². The van der Waals surface area contributed by atoms with Gasteiger partial charge in [-0.25, -0.2) is 0 Å². The molecule has 1 heterocycles. The van der Waals surface area contributed by atoms with Crippen molar-refractivity contribution in [3.05, 3.63) is 17.0 Å². The highest BCUT2D eigenvalue weighted by Gasteiger charge is 2.45. The van der Waals surface area contributed by atoms with Gasteiger partial charge in [0.1, 0.15) is 0 Å². The van der Waals surface area contributed by atoms with Crippen molar-refractivity contribution in [1.82, 2.24) is 15.1 Å². The van der Waals surface area contributed by atoms with Crippen molar-refractivity contribution in [2.75, 3.05) is 20.8 Å². The fourth-order valence-electron chi connectivity index (χ4n) is 3.86. The van der Waals surface area contributed by atoms with E-state index < -0.39 is 0 Å². The lowest BCUT2D eigenvalue weighted by Gasteiger charge is -2.42. The van der Waals surface area contributed by atoms with Gasteiger partial charge in [-0.1, -0.05) is 12.8 Å². The first-order valence-electron chi connectivity index (χ1n) is 8.46. The van der Waals surface area contributed by atoms with Gasteiger partial charge < -0.3 is 9.64 Å². The first-order valence-corrected chi connectivity index (χ1v) is 8.46. The minimum Gasteiger partial charge on any atom is -0.384 e. The molecule has 0 unspecified atom stereocenters. The highest BCUT2D eigenvalue weighted by atomic mass is 16.5. The number of hydrogen-bond donors (Lipinski definition) is 1. The average Bonchev–Trinajstić information content (AvgIpc) is 2.70. The number of nitrogens with one attached hydrogen (secondary N) is 1. The number of amides is 1. The molecule has 1 aromatic heterocycles. The second-order valence-electron chi connectivity index (χ2n) is 6.92. The van der Waals surface area contributed by atoms with Crippen molar-refractivity contribution in [2.24, 2.45) is 5.41 Å². The summed E-state index contributed by atoms with van der Waals surface area (Å²) in [5.41, 5.74) is 3.41. The number of carbonyl (C=O) groups is 1. The molecule has 2 aliphatic carbocycles. The van der Waals surface area contributed by atoms with Crippen LogP contribution in [0, 0.1) is 5.41 Å². The van der Waals surface area contributed by atoms with Gasteiger partial charge >= 0.3 is 0 Å². The monoisotopic (exact) mass is 305 g/mol. The molecule has 5 heteroatoms. The molecular formula is C17H27N3O2. The third kappa shape index (κ3) is 2.78. The van der Waals surface area contributed by atoms with E-state index in [0.29, 0.717) is 13.2 Å². The van der Waals surface area contributed by atoms with E-state index in [1.165, 1.54) is 30.5 Å². The number of methoxy groups -OCH3 is 1. The Hall–Kier alpha value is -1.36. The normalized spacial score (nSPS) is 19.9. The minimum atomic E-state index is -0.281. The Morgan fingerprint density at radius 1 is 1.27 bits per heavy atom. The summed E-state index contributed by atoms with van der Waals surface area (Å²) in [6.07, 6.45) is 8.95. The highest BCUT2D eigenvalue weighted by Crippen LogP contribution is 2.42. The van der Waals surface area contributed by atoms with Crippen molar-refractivity contribution in [3.8, 4) is 0 Å². The Morgan fingerprint density at radius 2 is 2.05 bits per heavy atom. The van der Waals surface area contributed by atoms with Crippen LogP contribution in [0.5, 0.6) is 0 Å². The summed E-state index contributed by atoms with van der Waals surface area (Å²) in [5.74, 6) is 0.214. The van der Waals surface area contributed by atoms with Crippen molar-refractivity contribution in [3.63, 3.8) is 0 Å². The molecule has 1 fully saturated rings. The Kier molecular flexibility index (Phi) is 4.52. The van der Waals surface area contributed by atoms with Gasteiger partial charge in [0.15, 0.2) is 0 Å². The van der Waals surface area contributed by atoms with E-state index in [1.807, 2.05) is 11.9 Å². The van der Waals surface area contributed by atoms with Crippen LogP contribution < -0.4 is 0 Å². The van der Waals surface area contributed by atoms with Crippen molar-refractivity contribution in [1.29, 1.82) is 0 Å². The van der Waals surface area contributed by atoms with Crippen LogP contribution in [0.1, 0.15) is 55.5 Å². The molecule has 0 spiro atoms. The zero-order valence-corrected chi connectivity index (χ0v) is 13.8. The van der Waals surface area contributed by atoms with E-state index in [2.05, 4.69) is 10.2 Å². The predicted octanol–water partition coefficient (Wildman–Crippen LogP) is 2.45. The van der Waals surface area contributed by atoms with Crippen LogP contribution in [0.4, 0.5) is 0 Å². The standard InChI is InChI=1S/C17H27N3O2/c1-20(16(21)17(12-22-2)9-6-10-17)11-15-13-7-4-3-5-8-14(13)18-19-15/h3-12H2,1-2H3,(H,18,19). The molecule has 2 aliphatic rings. The molecule has 5 nitrogen and oxygen atoms in total. The fraction of sp³-hybridized carbons (Fsp3) is 0.765. The number of H-pyrrole nitrogens is 1. The summed E-state index contributed by atoms with van der Waals surface area (Å²) in [6, 6.07) is 0. The Bertz CT molecular complexity index is 534. The number of aryl methyl sites for hydroxylation is 1. The summed E-state index contributed by atoms with van der Waals surface area (Å²) in [4.78, 5) is 14.7. The first kappa shape index (κ1) is 15.5. The number of hydrogen-bond acceptors (Lipinski definition) is 3. The van der Waals surface area contributed by atoms with Gasteiger partial charge in [0.2, 0.25) is 5.91 Å². The molecule has 0 atom stereocenters. The van der Waals surface area contributed by atoms with Gasteiger partial charge in [-0.2, -0.15) is 5.10 Å². The molecule has 0 saturated heterocycles. The van der Waals surface area contributed by atoms with Crippen LogP contribution in [0.15, 0.2) is 0 Å². The van der Waals surface area contributed by atoms with Gasteiger partial charge in [-0.3, -0.25) is 9.89 Å². The van der Waals surface area contributed by atoms with Gasteiger partial charge in [-0.15, -0.1) is 0 Å². The number of carbonyl (C=O) groups excluding carboxylic acids is 1. The summed E-state index contributed by atoms with van der Waals surface area (Å²) in [5, 5.41) is 7.67. The topological polar surface area (TPSA) is 58.2 Å². The van der Waals surface area contributed by atoms with Crippen LogP contribution >= 0.6 is 0 Å². The molecule has 0 aromatic carbocycles. The molecule has 3 rings (SSSR count).